The third-order valence-corrected chi connectivity index (χ3v) is 5.95. The summed E-state index contributed by atoms with van der Waals surface area (Å²) in [7, 11) is 1.99. The van der Waals surface area contributed by atoms with Crippen molar-refractivity contribution in [1.29, 1.82) is 0 Å². The molecule has 1 atom stereocenters. The zero-order valence-electron chi connectivity index (χ0n) is 17.0. The fraction of sp³-hybridized carbons (Fsp3) is 0.217. The minimum atomic E-state index is 0.169. The Bertz CT molecular complexity index is 1220. The molecular weight excluding hydrogens is 456 g/mol. The summed E-state index contributed by atoms with van der Waals surface area (Å²) in [5.41, 5.74) is 9.75. The van der Waals surface area contributed by atoms with Gasteiger partial charge in [-0.05, 0) is 42.8 Å². The van der Waals surface area contributed by atoms with Crippen LogP contribution in [0.3, 0.4) is 0 Å². The minimum absolute atomic E-state index is 0.169. The Morgan fingerprint density at radius 1 is 1.19 bits per heavy atom. The Hall–Kier alpha value is -3.10. The topological polar surface area (TPSA) is 81.2 Å². The van der Waals surface area contributed by atoms with Crippen LogP contribution in [0.25, 0.3) is 11.0 Å². The number of benzene rings is 2. The maximum atomic E-state index is 6.22. The van der Waals surface area contributed by atoms with Crippen molar-refractivity contribution in [3.63, 3.8) is 0 Å². The third kappa shape index (κ3) is 4.08. The molecule has 8 heteroatoms. The van der Waals surface area contributed by atoms with E-state index in [1.807, 2.05) is 60.1 Å². The summed E-state index contributed by atoms with van der Waals surface area (Å²) in [6, 6.07) is 15.9. The summed E-state index contributed by atoms with van der Waals surface area (Å²) in [6.45, 7) is 1.66. The Morgan fingerprint density at radius 2 is 2.03 bits per heavy atom. The molecule has 1 radical (unpaired) electrons. The van der Waals surface area contributed by atoms with Gasteiger partial charge >= 0.3 is 0 Å². The number of hydrogen-bond donors (Lipinski definition) is 2. The molecule has 1 aliphatic heterocycles. The smallest absolute Gasteiger partial charge is 0.208 e. The van der Waals surface area contributed by atoms with E-state index in [1.54, 1.807) is 6.20 Å². The fourth-order valence-corrected chi connectivity index (χ4v) is 4.05. The van der Waals surface area contributed by atoms with Crippen molar-refractivity contribution in [3.05, 3.63) is 65.4 Å². The van der Waals surface area contributed by atoms with Crippen molar-refractivity contribution in [3.8, 4) is 11.5 Å². The van der Waals surface area contributed by atoms with Crippen molar-refractivity contribution in [2.24, 2.45) is 12.8 Å². The molecule has 31 heavy (non-hydrogen) atoms. The van der Waals surface area contributed by atoms with E-state index >= 15 is 0 Å². The Morgan fingerprint density at radius 3 is 2.81 bits per heavy atom. The van der Waals surface area contributed by atoms with Gasteiger partial charge in [0.15, 0.2) is 5.75 Å². The van der Waals surface area contributed by atoms with E-state index < -0.39 is 0 Å². The van der Waals surface area contributed by atoms with E-state index in [2.05, 4.69) is 37.3 Å². The predicted molar refractivity (Wildman–Crippen MR) is 126 cm³/mol. The monoisotopic (exact) mass is 477 g/mol. The molecule has 0 spiro atoms. The van der Waals surface area contributed by atoms with Crippen LogP contribution in [-0.4, -0.2) is 33.7 Å². The molecule has 4 aromatic rings. The number of aromatic nitrogens is 3. The summed E-state index contributed by atoms with van der Waals surface area (Å²) in [6.07, 6.45) is 5.71. The number of anilines is 3. The van der Waals surface area contributed by atoms with Crippen LogP contribution < -0.4 is 20.7 Å². The van der Waals surface area contributed by atoms with Crippen LogP contribution in [0.5, 0.6) is 11.5 Å². The molecule has 2 aromatic heterocycles. The Balaban J connectivity index is 1.41. The van der Waals surface area contributed by atoms with E-state index in [-0.39, 0.29) is 6.04 Å². The molecule has 0 saturated carbocycles. The molecule has 3 heterocycles. The number of halogens is 1. The third-order valence-electron chi connectivity index (χ3n) is 5.43. The maximum Gasteiger partial charge on any atom is 0.208 e. The van der Waals surface area contributed by atoms with Gasteiger partial charge in [-0.1, -0.05) is 15.9 Å². The first-order valence-electron chi connectivity index (χ1n) is 10.1. The molecule has 2 aromatic carbocycles. The zero-order chi connectivity index (χ0) is 21.4. The van der Waals surface area contributed by atoms with E-state index in [0.717, 1.165) is 52.3 Å². The average molecular weight is 478 g/mol. The number of imidazole rings is 1. The standard InChI is InChI=1S/C23H22BrN6O/c1-29-20-7-6-18(12-19(20)28-23(29)27-17-4-2-15(24)3-5-17)31-22-8-10-26-13-21(22)30-11-9-16(25)14-30/h2-8,10,12,16H,9,11,14,25H2,1H3,(H,27,28). The van der Waals surface area contributed by atoms with Gasteiger partial charge in [0.05, 0.1) is 11.0 Å². The lowest BCUT2D eigenvalue weighted by Crippen LogP contribution is -2.26. The van der Waals surface area contributed by atoms with Gasteiger partial charge in [-0.25, -0.2) is 4.98 Å². The number of pyridine rings is 1. The quantitative estimate of drug-likeness (QED) is 0.436. The van der Waals surface area contributed by atoms with E-state index in [9.17, 15) is 0 Å². The molecule has 1 aliphatic rings. The van der Waals surface area contributed by atoms with Crippen molar-refractivity contribution in [2.75, 3.05) is 23.3 Å². The number of hydrogen-bond acceptors (Lipinski definition) is 6. The number of nitrogens with two attached hydrogens (primary N) is 1. The Labute approximate surface area is 189 Å². The highest BCUT2D eigenvalue weighted by Gasteiger charge is 2.23. The SMILES string of the molecule is Cn1c(Nc2ccc(Br)cc2)nc2cc(Oc3ccn[c]c3N3CCC(N)C3)ccc21. The number of ether oxygens (including phenoxy) is 1. The average Bonchev–Trinajstić information content (AvgIpc) is 3.33. The lowest BCUT2D eigenvalue weighted by Gasteiger charge is -2.20. The number of nitrogens with one attached hydrogen (secondary N) is 1. The zero-order valence-corrected chi connectivity index (χ0v) is 18.6. The van der Waals surface area contributed by atoms with Crippen LogP contribution in [0.4, 0.5) is 17.3 Å². The lowest BCUT2D eigenvalue weighted by atomic mass is 10.3. The molecule has 157 valence electrons. The second-order valence-corrected chi connectivity index (χ2v) is 8.56. The van der Waals surface area contributed by atoms with Crippen LogP contribution in [0, 0.1) is 6.20 Å². The van der Waals surface area contributed by atoms with Crippen LogP contribution in [-0.2, 0) is 7.05 Å². The molecule has 0 bridgehead atoms. The first-order chi connectivity index (χ1) is 15.1. The molecular formula is C23H22BrN6O. The Kier molecular flexibility index (Phi) is 5.25. The van der Waals surface area contributed by atoms with Gasteiger partial charge < -0.3 is 25.3 Å². The van der Waals surface area contributed by atoms with Crippen molar-refractivity contribution < 1.29 is 4.74 Å². The first kappa shape index (κ1) is 19.8. The summed E-state index contributed by atoms with van der Waals surface area (Å²) < 4.78 is 9.28. The highest BCUT2D eigenvalue weighted by molar-refractivity contribution is 9.10. The van der Waals surface area contributed by atoms with Gasteiger partial charge in [0.25, 0.3) is 0 Å². The highest BCUT2D eigenvalue weighted by atomic mass is 79.9. The second kappa shape index (κ2) is 8.20. The molecule has 0 aliphatic carbocycles. The van der Waals surface area contributed by atoms with Crippen LogP contribution in [0.1, 0.15) is 6.42 Å². The molecule has 1 unspecified atom stereocenters. The predicted octanol–water partition coefficient (Wildman–Crippen LogP) is 4.60. The molecule has 7 nitrogen and oxygen atoms in total. The van der Waals surface area contributed by atoms with Crippen molar-refractivity contribution in [1.82, 2.24) is 14.5 Å². The number of rotatable bonds is 5. The first-order valence-corrected chi connectivity index (χ1v) is 10.9. The van der Waals surface area contributed by atoms with Gasteiger partial charge in [0.1, 0.15) is 17.6 Å². The van der Waals surface area contributed by atoms with Gasteiger partial charge in [-0.2, -0.15) is 0 Å². The summed E-state index contributed by atoms with van der Waals surface area (Å²) in [5, 5.41) is 3.37. The van der Waals surface area contributed by atoms with Gasteiger partial charge in [-0.15, -0.1) is 0 Å². The molecule has 1 fully saturated rings. The van der Waals surface area contributed by atoms with Gasteiger partial charge in [0.2, 0.25) is 5.95 Å². The normalized spacial score (nSPS) is 16.1. The van der Waals surface area contributed by atoms with Crippen molar-refractivity contribution in [2.45, 2.75) is 12.5 Å². The number of aryl methyl sites for hydroxylation is 1. The van der Waals surface area contributed by atoms with Crippen LogP contribution in [0.15, 0.2) is 59.2 Å². The van der Waals surface area contributed by atoms with E-state index in [0.29, 0.717) is 11.5 Å². The summed E-state index contributed by atoms with van der Waals surface area (Å²) in [5.74, 6) is 2.19. The molecule has 0 amide bonds. The second-order valence-electron chi connectivity index (χ2n) is 7.64. The van der Waals surface area contributed by atoms with E-state index in [4.69, 9.17) is 15.5 Å². The van der Waals surface area contributed by atoms with Crippen LogP contribution in [0.2, 0.25) is 0 Å². The van der Waals surface area contributed by atoms with Crippen LogP contribution >= 0.6 is 15.9 Å². The molecule has 1 saturated heterocycles. The minimum Gasteiger partial charge on any atom is -0.455 e. The highest BCUT2D eigenvalue weighted by Crippen LogP contribution is 2.34. The molecule has 3 N–H and O–H groups in total. The van der Waals surface area contributed by atoms with Crippen molar-refractivity contribution >= 4 is 44.3 Å². The number of nitrogens with zero attached hydrogens (tertiary/aromatic N) is 4. The largest absolute Gasteiger partial charge is 0.455 e. The summed E-state index contributed by atoms with van der Waals surface area (Å²) >= 11 is 3.46. The maximum absolute atomic E-state index is 6.22. The molecule has 5 rings (SSSR count). The summed E-state index contributed by atoms with van der Waals surface area (Å²) in [4.78, 5) is 11.1. The van der Waals surface area contributed by atoms with Gasteiger partial charge in [-0.3, -0.25) is 4.98 Å². The fourth-order valence-electron chi connectivity index (χ4n) is 3.78. The lowest BCUT2D eigenvalue weighted by molar-refractivity contribution is 0.482. The van der Waals surface area contributed by atoms with E-state index in [1.165, 1.54) is 0 Å². The number of fused-ring (bicyclic) bond motifs is 1. The van der Waals surface area contributed by atoms with Gasteiger partial charge in [0, 0.05) is 54.7 Å².